The van der Waals surface area contributed by atoms with Gasteiger partial charge in [-0.25, -0.2) is 9.78 Å². The van der Waals surface area contributed by atoms with Crippen LogP contribution in [0, 0.1) is 5.92 Å². The second-order valence-electron chi connectivity index (χ2n) is 4.88. The van der Waals surface area contributed by atoms with E-state index in [0.29, 0.717) is 6.54 Å². The van der Waals surface area contributed by atoms with E-state index in [2.05, 4.69) is 11.9 Å². The van der Waals surface area contributed by atoms with Crippen LogP contribution in [-0.2, 0) is 4.79 Å². The summed E-state index contributed by atoms with van der Waals surface area (Å²) in [6, 6.07) is 3.54. The summed E-state index contributed by atoms with van der Waals surface area (Å²) in [5.41, 5.74) is 6.13. The summed E-state index contributed by atoms with van der Waals surface area (Å²) in [6.45, 7) is 2.58. The molecule has 0 radical (unpaired) electrons. The molecule has 102 valence electrons. The average Bonchev–Trinajstić information content (AvgIpc) is 2.39. The van der Waals surface area contributed by atoms with Crippen molar-refractivity contribution < 1.29 is 14.7 Å². The number of primary amides is 1. The van der Waals surface area contributed by atoms with Gasteiger partial charge in [0.1, 0.15) is 5.69 Å². The molecular formula is C13H17N3O3. The molecule has 1 saturated heterocycles. The Kier molecular flexibility index (Phi) is 3.69. The number of rotatable bonds is 3. The lowest BCUT2D eigenvalue weighted by molar-refractivity contribution is -0.122. The van der Waals surface area contributed by atoms with Gasteiger partial charge in [0.15, 0.2) is 0 Å². The summed E-state index contributed by atoms with van der Waals surface area (Å²) in [5.74, 6) is -1.54. The lowest BCUT2D eigenvalue weighted by atomic mass is 9.92. The summed E-state index contributed by atoms with van der Waals surface area (Å²) in [4.78, 5) is 28.1. The third-order valence-electron chi connectivity index (χ3n) is 3.58. The lowest BCUT2D eigenvalue weighted by Crippen LogP contribution is -2.46. The molecule has 0 aromatic carbocycles. The van der Waals surface area contributed by atoms with Crippen LogP contribution in [0.4, 0.5) is 5.69 Å². The first-order valence-corrected chi connectivity index (χ1v) is 6.24. The number of hydrogen-bond acceptors (Lipinski definition) is 4. The van der Waals surface area contributed by atoms with Crippen molar-refractivity contribution in [1.82, 2.24) is 4.98 Å². The SMILES string of the molecule is CC1CCC(C(N)=O)CN1c1ccnc(C(=O)O)c1. The molecular weight excluding hydrogens is 246 g/mol. The fraction of sp³-hybridized carbons (Fsp3) is 0.462. The Labute approximate surface area is 111 Å². The second-order valence-corrected chi connectivity index (χ2v) is 4.88. The molecule has 0 aliphatic carbocycles. The quantitative estimate of drug-likeness (QED) is 0.843. The van der Waals surface area contributed by atoms with Crippen molar-refractivity contribution in [2.75, 3.05) is 11.4 Å². The van der Waals surface area contributed by atoms with E-state index in [9.17, 15) is 9.59 Å². The Morgan fingerprint density at radius 3 is 2.84 bits per heavy atom. The summed E-state index contributed by atoms with van der Waals surface area (Å²) >= 11 is 0. The first-order valence-electron chi connectivity index (χ1n) is 6.24. The number of anilines is 1. The van der Waals surface area contributed by atoms with Gasteiger partial charge in [0, 0.05) is 24.5 Å². The van der Waals surface area contributed by atoms with Gasteiger partial charge < -0.3 is 15.7 Å². The Morgan fingerprint density at radius 1 is 1.47 bits per heavy atom. The third kappa shape index (κ3) is 2.83. The van der Waals surface area contributed by atoms with Crippen LogP contribution in [0.15, 0.2) is 18.3 Å². The minimum atomic E-state index is -1.06. The van der Waals surface area contributed by atoms with Crippen LogP contribution in [0.1, 0.15) is 30.3 Å². The number of nitrogens with zero attached hydrogens (tertiary/aromatic N) is 2. The molecule has 1 fully saturated rings. The number of carboxylic acids is 1. The molecule has 3 N–H and O–H groups in total. The van der Waals surface area contributed by atoms with E-state index < -0.39 is 5.97 Å². The Balaban J connectivity index is 2.25. The molecule has 19 heavy (non-hydrogen) atoms. The van der Waals surface area contributed by atoms with Gasteiger partial charge in [-0.15, -0.1) is 0 Å². The zero-order valence-electron chi connectivity index (χ0n) is 10.7. The predicted molar refractivity (Wildman–Crippen MR) is 69.9 cm³/mol. The molecule has 6 nitrogen and oxygen atoms in total. The number of nitrogens with two attached hydrogens (primary N) is 1. The molecule has 2 atom stereocenters. The molecule has 1 amide bonds. The lowest BCUT2D eigenvalue weighted by Gasteiger charge is -2.38. The van der Waals surface area contributed by atoms with Crippen molar-refractivity contribution in [2.45, 2.75) is 25.8 Å². The number of aromatic nitrogens is 1. The van der Waals surface area contributed by atoms with E-state index in [1.807, 2.05) is 4.90 Å². The van der Waals surface area contributed by atoms with Crippen LogP contribution in [0.25, 0.3) is 0 Å². The highest BCUT2D eigenvalue weighted by Crippen LogP contribution is 2.27. The molecule has 0 saturated carbocycles. The summed E-state index contributed by atoms with van der Waals surface area (Å²) in [5, 5.41) is 8.96. The number of pyridine rings is 1. The first kappa shape index (κ1) is 13.3. The highest BCUT2D eigenvalue weighted by Gasteiger charge is 2.29. The van der Waals surface area contributed by atoms with Gasteiger partial charge in [0.2, 0.25) is 5.91 Å². The largest absolute Gasteiger partial charge is 0.477 e. The van der Waals surface area contributed by atoms with Gasteiger partial charge >= 0.3 is 5.97 Å². The smallest absolute Gasteiger partial charge is 0.354 e. The van der Waals surface area contributed by atoms with Crippen molar-refractivity contribution in [3.05, 3.63) is 24.0 Å². The monoisotopic (exact) mass is 263 g/mol. The highest BCUT2D eigenvalue weighted by molar-refractivity contribution is 5.86. The Bertz CT molecular complexity index is 504. The third-order valence-corrected chi connectivity index (χ3v) is 3.58. The maximum Gasteiger partial charge on any atom is 0.354 e. The van der Waals surface area contributed by atoms with Crippen molar-refractivity contribution >= 4 is 17.6 Å². The molecule has 2 rings (SSSR count). The van der Waals surface area contributed by atoms with Crippen LogP contribution in [-0.4, -0.2) is 34.6 Å². The van der Waals surface area contributed by atoms with Crippen LogP contribution in [0.5, 0.6) is 0 Å². The molecule has 2 unspecified atom stereocenters. The number of piperidine rings is 1. The molecule has 0 bridgehead atoms. The van der Waals surface area contributed by atoms with Gasteiger partial charge in [-0.1, -0.05) is 0 Å². The van der Waals surface area contributed by atoms with E-state index in [1.165, 1.54) is 12.3 Å². The van der Waals surface area contributed by atoms with Crippen LogP contribution >= 0.6 is 0 Å². The zero-order chi connectivity index (χ0) is 14.0. The Morgan fingerprint density at radius 2 is 2.21 bits per heavy atom. The maximum absolute atomic E-state index is 11.3. The van der Waals surface area contributed by atoms with Crippen LogP contribution in [0.2, 0.25) is 0 Å². The fourth-order valence-corrected chi connectivity index (χ4v) is 2.41. The minimum absolute atomic E-state index is 0.00546. The summed E-state index contributed by atoms with van der Waals surface area (Å²) in [7, 11) is 0. The average molecular weight is 263 g/mol. The standard InChI is InChI=1S/C13H17N3O3/c1-8-2-3-9(12(14)17)7-16(8)10-4-5-15-11(6-10)13(18)19/h4-6,8-9H,2-3,7H2,1H3,(H2,14,17)(H,18,19). The van der Waals surface area contributed by atoms with E-state index in [1.54, 1.807) is 6.07 Å². The molecule has 6 heteroatoms. The van der Waals surface area contributed by atoms with E-state index in [-0.39, 0.29) is 23.6 Å². The summed E-state index contributed by atoms with van der Waals surface area (Å²) in [6.07, 6.45) is 3.11. The number of hydrogen-bond donors (Lipinski definition) is 2. The van der Waals surface area contributed by atoms with Crippen molar-refractivity contribution in [3.8, 4) is 0 Å². The maximum atomic E-state index is 11.3. The van der Waals surface area contributed by atoms with Crippen LogP contribution in [0.3, 0.4) is 0 Å². The molecule has 2 heterocycles. The van der Waals surface area contributed by atoms with Gasteiger partial charge in [0.05, 0.1) is 5.92 Å². The van der Waals surface area contributed by atoms with Gasteiger partial charge in [0.25, 0.3) is 0 Å². The molecule has 1 aliphatic rings. The van der Waals surface area contributed by atoms with Crippen molar-refractivity contribution in [2.24, 2.45) is 11.7 Å². The Hall–Kier alpha value is -2.11. The number of carbonyl (C=O) groups excluding carboxylic acids is 1. The molecule has 1 aliphatic heterocycles. The van der Waals surface area contributed by atoms with Gasteiger partial charge in [-0.2, -0.15) is 0 Å². The van der Waals surface area contributed by atoms with Crippen molar-refractivity contribution in [1.29, 1.82) is 0 Å². The number of aromatic carboxylic acids is 1. The first-order chi connectivity index (χ1) is 8.99. The topological polar surface area (TPSA) is 96.5 Å². The van der Waals surface area contributed by atoms with Crippen molar-refractivity contribution in [3.63, 3.8) is 0 Å². The number of amides is 1. The molecule has 1 aromatic rings. The van der Waals surface area contributed by atoms with E-state index in [4.69, 9.17) is 10.8 Å². The number of carboxylic acid groups (broad SMARTS) is 1. The fourth-order valence-electron chi connectivity index (χ4n) is 2.41. The summed E-state index contributed by atoms with van der Waals surface area (Å²) < 4.78 is 0. The van der Waals surface area contributed by atoms with Crippen LogP contribution < -0.4 is 10.6 Å². The zero-order valence-corrected chi connectivity index (χ0v) is 10.7. The van der Waals surface area contributed by atoms with Gasteiger partial charge in [-0.05, 0) is 31.9 Å². The highest BCUT2D eigenvalue weighted by atomic mass is 16.4. The molecule has 0 spiro atoms. The van der Waals surface area contributed by atoms with E-state index >= 15 is 0 Å². The van der Waals surface area contributed by atoms with Gasteiger partial charge in [-0.3, -0.25) is 4.79 Å². The molecule has 1 aromatic heterocycles. The minimum Gasteiger partial charge on any atom is -0.477 e. The second kappa shape index (κ2) is 5.26. The normalized spacial score (nSPS) is 23.1. The predicted octanol–water partition coefficient (Wildman–Crippen LogP) is 0.870. The number of carbonyl (C=O) groups is 2. The van der Waals surface area contributed by atoms with E-state index in [0.717, 1.165) is 18.5 Å².